The summed E-state index contributed by atoms with van der Waals surface area (Å²) in [6.45, 7) is 0. The van der Waals surface area contributed by atoms with E-state index in [-0.39, 0.29) is 17.1 Å². The molecule has 3 aromatic rings. The first kappa shape index (κ1) is 22.9. The molecule has 8 heteroatoms. The van der Waals surface area contributed by atoms with Crippen LogP contribution in [0.2, 0.25) is 10.0 Å². The molecule has 0 fully saturated rings. The van der Waals surface area contributed by atoms with Crippen LogP contribution in [0, 0.1) is 11.3 Å². The van der Waals surface area contributed by atoms with Crippen molar-refractivity contribution in [1.29, 1.82) is 5.26 Å². The van der Waals surface area contributed by atoms with Crippen molar-refractivity contribution in [3.63, 3.8) is 0 Å². The fraction of sp³-hybridized carbons (Fsp3) is 0.0417. The number of rotatable bonds is 6. The lowest BCUT2D eigenvalue weighted by atomic mass is 10.1. The summed E-state index contributed by atoms with van der Waals surface area (Å²) in [5.74, 6) is -0.708. The SMILES string of the molecule is COc1cc(/C=C(\C#N)C(=O)Nc2ccc(Cl)cc2)ccc1OC(=O)c1ccc(Cl)cc1. The summed E-state index contributed by atoms with van der Waals surface area (Å²) < 4.78 is 10.7. The van der Waals surface area contributed by atoms with E-state index in [2.05, 4.69) is 5.32 Å². The maximum absolute atomic E-state index is 12.4. The van der Waals surface area contributed by atoms with Gasteiger partial charge in [-0.15, -0.1) is 0 Å². The summed E-state index contributed by atoms with van der Waals surface area (Å²) in [5.41, 5.74) is 1.22. The Hall–Kier alpha value is -3.79. The molecule has 0 aliphatic heterocycles. The molecule has 1 amide bonds. The summed E-state index contributed by atoms with van der Waals surface area (Å²) in [6.07, 6.45) is 1.40. The molecule has 0 aliphatic carbocycles. The van der Waals surface area contributed by atoms with Gasteiger partial charge in [-0.2, -0.15) is 5.26 Å². The highest BCUT2D eigenvalue weighted by atomic mass is 35.5. The standard InChI is InChI=1S/C24H16Cl2N2O4/c1-31-22-13-15(2-11-21(22)32-24(30)16-3-5-18(25)6-4-16)12-17(14-27)23(29)28-20-9-7-19(26)8-10-20/h2-13H,1H3,(H,28,29)/b17-12+. The fourth-order valence-corrected chi connectivity index (χ4v) is 2.90. The highest BCUT2D eigenvalue weighted by Crippen LogP contribution is 2.30. The monoisotopic (exact) mass is 466 g/mol. The number of halogens is 2. The number of nitriles is 1. The topological polar surface area (TPSA) is 88.4 Å². The molecule has 0 saturated heterocycles. The third kappa shape index (κ3) is 5.88. The van der Waals surface area contributed by atoms with E-state index in [1.54, 1.807) is 60.7 Å². The first-order valence-electron chi connectivity index (χ1n) is 9.24. The van der Waals surface area contributed by atoms with Crippen molar-refractivity contribution in [2.45, 2.75) is 0 Å². The van der Waals surface area contributed by atoms with Crippen LogP contribution in [0.5, 0.6) is 11.5 Å². The number of nitrogens with one attached hydrogen (secondary N) is 1. The predicted octanol–water partition coefficient (Wildman–Crippen LogP) is 5.77. The molecule has 160 valence electrons. The molecule has 3 rings (SSSR count). The summed E-state index contributed by atoms with van der Waals surface area (Å²) >= 11 is 11.7. The average Bonchev–Trinajstić information content (AvgIpc) is 2.80. The molecule has 0 unspecified atom stereocenters. The lowest BCUT2D eigenvalue weighted by Crippen LogP contribution is -2.13. The van der Waals surface area contributed by atoms with E-state index in [1.807, 2.05) is 6.07 Å². The highest BCUT2D eigenvalue weighted by Gasteiger charge is 2.14. The second-order valence-electron chi connectivity index (χ2n) is 6.44. The van der Waals surface area contributed by atoms with Crippen LogP contribution in [0.4, 0.5) is 5.69 Å². The van der Waals surface area contributed by atoms with Crippen molar-refractivity contribution in [2.24, 2.45) is 0 Å². The third-order valence-electron chi connectivity index (χ3n) is 4.25. The lowest BCUT2D eigenvalue weighted by molar-refractivity contribution is -0.112. The summed E-state index contributed by atoms with van der Waals surface area (Å²) in [5, 5.41) is 13.1. The Morgan fingerprint density at radius 2 is 1.56 bits per heavy atom. The number of hydrogen-bond donors (Lipinski definition) is 1. The van der Waals surface area contributed by atoms with E-state index in [0.717, 1.165) is 0 Å². The first-order valence-corrected chi connectivity index (χ1v) is 9.99. The third-order valence-corrected chi connectivity index (χ3v) is 4.75. The number of esters is 1. The van der Waals surface area contributed by atoms with Crippen molar-refractivity contribution < 1.29 is 19.1 Å². The number of carbonyl (C=O) groups is 2. The molecule has 0 aliphatic rings. The highest BCUT2D eigenvalue weighted by molar-refractivity contribution is 6.31. The van der Waals surface area contributed by atoms with Crippen LogP contribution in [0.3, 0.4) is 0 Å². The molecule has 0 radical (unpaired) electrons. The van der Waals surface area contributed by atoms with Crippen LogP contribution in [-0.4, -0.2) is 19.0 Å². The smallest absolute Gasteiger partial charge is 0.343 e. The van der Waals surface area contributed by atoms with Crippen molar-refractivity contribution in [1.82, 2.24) is 0 Å². The quantitative estimate of drug-likeness (QED) is 0.215. The Morgan fingerprint density at radius 1 is 0.938 bits per heavy atom. The van der Waals surface area contributed by atoms with E-state index < -0.39 is 11.9 Å². The molecule has 0 aromatic heterocycles. The molecule has 3 aromatic carbocycles. The number of anilines is 1. The van der Waals surface area contributed by atoms with Crippen LogP contribution in [0.15, 0.2) is 72.3 Å². The van der Waals surface area contributed by atoms with E-state index in [4.69, 9.17) is 32.7 Å². The van der Waals surface area contributed by atoms with E-state index in [1.165, 1.54) is 19.3 Å². The predicted molar refractivity (Wildman–Crippen MR) is 123 cm³/mol. The van der Waals surface area contributed by atoms with Gasteiger partial charge in [-0.05, 0) is 72.3 Å². The summed E-state index contributed by atoms with van der Waals surface area (Å²) in [6, 6.07) is 19.3. The second kappa shape index (κ2) is 10.5. The minimum atomic E-state index is -0.580. The van der Waals surface area contributed by atoms with Crippen molar-refractivity contribution in [3.05, 3.63) is 93.5 Å². The number of amides is 1. The maximum atomic E-state index is 12.4. The number of hydrogen-bond acceptors (Lipinski definition) is 5. The van der Waals surface area contributed by atoms with Gasteiger partial charge in [0, 0.05) is 15.7 Å². The number of carbonyl (C=O) groups excluding carboxylic acids is 2. The van der Waals surface area contributed by atoms with Gasteiger partial charge in [-0.3, -0.25) is 4.79 Å². The average molecular weight is 467 g/mol. The molecule has 0 bridgehead atoms. The van der Waals surface area contributed by atoms with Crippen LogP contribution in [0.1, 0.15) is 15.9 Å². The van der Waals surface area contributed by atoms with E-state index in [9.17, 15) is 14.9 Å². The molecule has 0 heterocycles. The van der Waals surface area contributed by atoms with E-state index >= 15 is 0 Å². The van der Waals surface area contributed by atoms with Gasteiger partial charge in [0.05, 0.1) is 12.7 Å². The second-order valence-corrected chi connectivity index (χ2v) is 7.31. The minimum Gasteiger partial charge on any atom is -0.493 e. The van der Waals surface area contributed by atoms with Crippen LogP contribution in [-0.2, 0) is 4.79 Å². The lowest BCUT2D eigenvalue weighted by Gasteiger charge is -2.10. The molecule has 32 heavy (non-hydrogen) atoms. The molecule has 0 atom stereocenters. The zero-order valence-electron chi connectivity index (χ0n) is 16.8. The normalized spacial score (nSPS) is 10.8. The molecule has 0 spiro atoms. The number of ether oxygens (including phenoxy) is 2. The van der Waals surface area contributed by atoms with Gasteiger partial charge in [0.25, 0.3) is 5.91 Å². The van der Waals surface area contributed by atoms with Gasteiger partial charge in [0.1, 0.15) is 11.6 Å². The van der Waals surface area contributed by atoms with Crippen molar-refractivity contribution in [3.8, 4) is 17.6 Å². The van der Waals surface area contributed by atoms with Gasteiger partial charge >= 0.3 is 5.97 Å². The van der Waals surface area contributed by atoms with Crippen LogP contribution >= 0.6 is 23.2 Å². The van der Waals surface area contributed by atoms with Crippen molar-refractivity contribution >= 4 is 46.8 Å². The Morgan fingerprint density at radius 3 is 2.16 bits per heavy atom. The van der Waals surface area contributed by atoms with Gasteiger partial charge in [0.15, 0.2) is 11.5 Å². The molecular weight excluding hydrogens is 451 g/mol. The number of benzene rings is 3. The van der Waals surface area contributed by atoms with Crippen LogP contribution in [0.25, 0.3) is 6.08 Å². The Bertz CT molecular complexity index is 1210. The zero-order chi connectivity index (χ0) is 23.1. The molecule has 0 saturated carbocycles. The number of methoxy groups -OCH3 is 1. The Labute approximate surface area is 194 Å². The fourth-order valence-electron chi connectivity index (χ4n) is 2.65. The summed E-state index contributed by atoms with van der Waals surface area (Å²) in [7, 11) is 1.42. The first-order chi connectivity index (χ1) is 15.4. The summed E-state index contributed by atoms with van der Waals surface area (Å²) in [4.78, 5) is 24.8. The van der Waals surface area contributed by atoms with Gasteiger partial charge in [0.2, 0.25) is 0 Å². The minimum absolute atomic E-state index is 0.118. The zero-order valence-corrected chi connectivity index (χ0v) is 18.3. The van der Waals surface area contributed by atoms with Crippen molar-refractivity contribution in [2.75, 3.05) is 12.4 Å². The molecule has 1 N–H and O–H groups in total. The molecular formula is C24H16Cl2N2O4. The van der Waals surface area contributed by atoms with Crippen LogP contribution < -0.4 is 14.8 Å². The molecule has 6 nitrogen and oxygen atoms in total. The largest absolute Gasteiger partial charge is 0.493 e. The maximum Gasteiger partial charge on any atom is 0.343 e. The number of nitrogens with zero attached hydrogens (tertiary/aromatic N) is 1. The van der Waals surface area contributed by atoms with Gasteiger partial charge in [-0.1, -0.05) is 29.3 Å². The Kier molecular flexibility index (Phi) is 7.50. The Balaban J connectivity index is 1.78. The van der Waals surface area contributed by atoms with Gasteiger partial charge in [-0.25, -0.2) is 4.79 Å². The van der Waals surface area contributed by atoms with Gasteiger partial charge < -0.3 is 14.8 Å². The van der Waals surface area contributed by atoms with E-state index in [0.29, 0.717) is 26.9 Å².